The molecule has 0 amide bonds. The molecule has 0 bridgehead atoms. The lowest BCUT2D eigenvalue weighted by molar-refractivity contribution is 0.00865. The summed E-state index contributed by atoms with van der Waals surface area (Å²) in [6, 6.07) is 7.96. The highest BCUT2D eigenvalue weighted by Crippen LogP contribution is 2.33. The summed E-state index contributed by atoms with van der Waals surface area (Å²) in [7, 11) is 0. The van der Waals surface area contributed by atoms with Crippen LogP contribution in [-0.2, 0) is 0 Å². The van der Waals surface area contributed by atoms with Crippen molar-refractivity contribution >= 4 is 16.6 Å². The van der Waals surface area contributed by atoms with Crippen molar-refractivity contribution in [2.75, 3.05) is 18.0 Å². The van der Waals surface area contributed by atoms with Crippen LogP contribution in [0.1, 0.15) is 13.3 Å². The Hall–Kier alpha value is -1.68. The first kappa shape index (κ1) is 10.5. The molecule has 1 aliphatic rings. The Labute approximate surface area is 99.9 Å². The monoisotopic (exact) mass is 229 g/mol. The third-order valence-electron chi connectivity index (χ3n) is 3.49. The molecule has 0 saturated carbocycles. The number of aliphatic hydroxyl groups is 1. The highest BCUT2D eigenvalue weighted by atomic mass is 16.3. The van der Waals surface area contributed by atoms with Crippen LogP contribution in [0.25, 0.3) is 10.9 Å². The van der Waals surface area contributed by atoms with Gasteiger partial charge in [0.1, 0.15) is 0 Å². The van der Waals surface area contributed by atoms with Crippen molar-refractivity contribution < 1.29 is 5.11 Å². The number of nitrogens with zero attached hydrogens (tertiary/aromatic N) is 3. The van der Waals surface area contributed by atoms with Crippen molar-refractivity contribution in [2.24, 2.45) is 0 Å². The van der Waals surface area contributed by atoms with E-state index in [4.69, 9.17) is 0 Å². The van der Waals surface area contributed by atoms with Gasteiger partial charge in [0.05, 0.1) is 23.0 Å². The Kier molecular flexibility index (Phi) is 2.26. The molecule has 2 heterocycles. The number of benzene rings is 1. The minimum atomic E-state index is -0.523. The largest absolute Gasteiger partial charge is 0.386 e. The summed E-state index contributed by atoms with van der Waals surface area (Å²) < 4.78 is 0. The molecule has 1 N–H and O–H groups in total. The minimum Gasteiger partial charge on any atom is -0.386 e. The van der Waals surface area contributed by atoms with Crippen LogP contribution < -0.4 is 4.90 Å². The standard InChI is InChI=1S/C13H15N3O/c1-2-13(17)8-16(9-13)12-7-14-15-11-6-4-3-5-10(11)12/h3-7,17H,2,8-9H2,1H3. The summed E-state index contributed by atoms with van der Waals surface area (Å²) in [5.41, 5.74) is 1.44. The quantitative estimate of drug-likeness (QED) is 0.849. The molecule has 1 fully saturated rings. The summed E-state index contributed by atoms with van der Waals surface area (Å²) in [5.74, 6) is 0. The maximum absolute atomic E-state index is 10.0. The van der Waals surface area contributed by atoms with Crippen molar-refractivity contribution in [3.63, 3.8) is 0 Å². The van der Waals surface area contributed by atoms with Gasteiger partial charge in [-0.2, -0.15) is 10.2 Å². The third kappa shape index (κ3) is 1.65. The molecule has 0 radical (unpaired) electrons. The van der Waals surface area contributed by atoms with Crippen LogP contribution >= 0.6 is 0 Å². The zero-order valence-electron chi connectivity index (χ0n) is 9.80. The molecule has 1 aliphatic heterocycles. The number of hydrogen-bond acceptors (Lipinski definition) is 4. The van der Waals surface area contributed by atoms with Crippen molar-refractivity contribution in [2.45, 2.75) is 18.9 Å². The van der Waals surface area contributed by atoms with Crippen molar-refractivity contribution in [1.82, 2.24) is 10.2 Å². The fraction of sp³-hybridized carbons (Fsp3) is 0.385. The van der Waals surface area contributed by atoms with Gasteiger partial charge in [-0.05, 0) is 12.5 Å². The van der Waals surface area contributed by atoms with E-state index in [1.54, 1.807) is 6.20 Å². The summed E-state index contributed by atoms with van der Waals surface area (Å²) >= 11 is 0. The molecule has 4 nitrogen and oxygen atoms in total. The third-order valence-corrected chi connectivity index (χ3v) is 3.49. The van der Waals surface area contributed by atoms with Gasteiger partial charge in [-0.25, -0.2) is 0 Å². The van der Waals surface area contributed by atoms with E-state index >= 15 is 0 Å². The van der Waals surface area contributed by atoms with Crippen LogP contribution in [0.5, 0.6) is 0 Å². The SMILES string of the molecule is CCC1(O)CN(c2cnnc3ccccc23)C1. The van der Waals surface area contributed by atoms with Crippen LogP contribution in [-0.4, -0.2) is 34.0 Å². The van der Waals surface area contributed by atoms with Gasteiger partial charge in [-0.1, -0.05) is 25.1 Å². The van der Waals surface area contributed by atoms with Gasteiger partial charge in [0.15, 0.2) is 0 Å². The second-order valence-electron chi connectivity index (χ2n) is 4.68. The summed E-state index contributed by atoms with van der Waals surface area (Å²) in [4.78, 5) is 2.15. The highest BCUT2D eigenvalue weighted by Gasteiger charge is 2.40. The lowest BCUT2D eigenvalue weighted by Crippen LogP contribution is -2.61. The predicted molar refractivity (Wildman–Crippen MR) is 67.0 cm³/mol. The Morgan fingerprint density at radius 1 is 1.35 bits per heavy atom. The Morgan fingerprint density at radius 2 is 2.12 bits per heavy atom. The van der Waals surface area contributed by atoms with Gasteiger partial charge in [0.2, 0.25) is 0 Å². The van der Waals surface area contributed by atoms with E-state index in [2.05, 4.69) is 15.1 Å². The van der Waals surface area contributed by atoms with Gasteiger partial charge in [-0.3, -0.25) is 0 Å². The van der Waals surface area contributed by atoms with Gasteiger partial charge in [0, 0.05) is 18.5 Å². The minimum absolute atomic E-state index is 0.523. The van der Waals surface area contributed by atoms with E-state index in [1.807, 2.05) is 31.2 Å². The average molecular weight is 229 g/mol. The summed E-state index contributed by atoms with van der Waals surface area (Å²) in [6.07, 6.45) is 2.57. The molecule has 1 aromatic carbocycles. The maximum atomic E-state index is 10.0. The van der Waals surface area contributed by atoms with Gasteiger partial charge in [-0.15, -0.1) is 0 Å². The van der Waals surface area contributed by atoms with Crippen LogP contribution in [0.3, 0.4) is 0 Å². The number of fused-ring (bicyclic) bond motifs is 1. The number of aromatic nitrogens is 2. The smallest absolute Gasteiger partial charge is 0.0992 e. The normalized spacial score (nSPS) is 18.1. The van der Waals surface area contributed by atoms with E-state index < -0.39 is 5.60 Å². The lowest BCUT2D eigenvalue weighted by Gasteiger charge is -2.47. The zero-order valence-corrected chi connectivity index (χ0v) is 9.80. The number of hydrogen-bond donors (Lipinski definition) is 1. The molecular formula is C13H15N3O. The fourth-order valence-electron chi connectivity index (χ4n) is 2.30. The van der Waals surface area contributed by atoms with E-state index in [0.29, 0.717) is 13.1 Å². The topological polar surface area (TPSA) is 49.2 Å². The van der Waals surface area contributed by atoms with Crippen molar-refractivity contribution in [1.29, 1.82) is 0 Å². The summed E-state index contributed by atoms with van der Waals surface area (Å²) in [5, 5.41) is 19.3. The molecule has 3 rings (SSSR count). The molecule has 0 unspecified atom stereocenters. The predicted octanol–water partition coefficient (Wildman–Crippen LogP) is 1.59. The second kappa shape index (κ2) is 3.67. The molecule has 0 atom stereocenters. The average Bonchev–Trinajstić information content (AvgIpc) is 2.34. The molecule has 0 spiro atoms. The molecule has 4 heteroatoms. The van der Waals surface area contributed by atoms with E-state index in [-0.39, 0.29) is 0 Å². The van der Waals surface area contributed by atoms with Gasteiger partial charge < -0.3 is 10.0 Å². The van der Waals surface area contributed by atoms with E-state index in [0.717, 1.165) is 23.0 Å². The molecule has 17 heavy (non-hydrogen) atoms. The Morgan fingerprint density at radius 3 is 2.88 bits per heavy atom. The first-order chi connectivity index (χ1) is 8.22. The maximum Gasteiger partial charge on any atom is 0.0992 e. The number of anilines is 1. The molecule has 88 valence electrons. The Bertz CT molecular complexity index is 544. The second-order valence-corrected chi connectivity index (χ2v) is 4.68. The van der Waals surface area contributed by atoms with E-state index in [1.165, 1.54) is 0 Å². The molecule has 0 aliphatic carbocycles. The first-order valence-electron chi connectivity index (χ1n) is 5.90. The summed E-state index contributed by atoms with van der Waals surface area (Å²) in [6.45, 7) is 3.37. The Balaban J connectivity index is 1.97. The van der Waals surface area contributed by atoms with Crippen LogP contribution in [0.2, 0.25) is 0 Å². The molecule has 1 aromatic heterocycles. The van der Waals surface area contributed by atoms with Crippen molar-refractivity contribution in [3.05, 3.63) is 30.5 Å². The molecular weight excluding hydrogens is 214 g/mol. The molecule has 2 aromatic rings. The lowest BCUT2D eigenvalue weighted by atomic mass is 9.90. The number of β-amino-alcohol motifs (C(OH)–C–C–N with tert-alkyl or cyclic N) is 1. The van der Waals surface area contributed by atoms with Crippen LogP contribution in [0.15, 0.2) is 30.5 Å². The number of rotatable bonds is 2. The fourth-order valence-corrected chi connectivity index (χ4v) is 2.30. The van der Waals surface area contributed by atoms with Crippen molar-refractivity contribution in [3.8, 4) is 0 Å². The van der Waals surface area contributed by atoms with Gasteiger partial charge in [0.25, 0.3) is 0 Å². The van der Waals surface area contributed by atoms with Crippen LogP contribution in [0, 0.1) is 0 Å². The zero-order chi connectivity index (χ0) is 11.9. The highest BCUT2D eigenvalue weighted by molar-refractivity contribution is 5.91. The van der Waals surface area contributed by atoms with Gasteiger partial charge >= 0.3 is 0 Å². The first-order valence-corrected chi connectivity index (χ1v) is 5.90. The van der Waals surface area contributed by atoms with Crippen LogP contribution in [0.4, 0.5) is 5.69 Å². The molecule has 1 saturated heterocycles. The van der Waals surface area contributed by atoms with E-state index in [9.17, 15) is 5.11 Å².